The molecule has 156 valence electrons. The highest BCUT2D eigenvalue weighted by Gasteiger charge is 2.35. The molecule has 6 N–H and O–H groups in total. The Morgan fingerprint density at radius 3 is 2.79 bits per heavy atom. The van der Waals surface area contributed by atoms with Gasteiger partial charge in [0.25, 0.3) is 5.91 Å². The van der Waals surface area contributed by atoms with Gasteiger partial charge >= 0.3 is 11.7 Å². The SMILES string of the molecule is Nc1nc(=O)n(C2CC(O)C(CO)O2)cc1C#CCCN(O)C(=O)/C=C/C(=O)O. The van der Waals surface area contributed by atoms with Gasteiger partial charge in [0.05, 0.1) is 24.8 Å². The molecule has 1 aromatic heterocycles. The van der Waals surface area contributed by atoms with Crippen LogP contribution < -0.4 is 11.4 Å². The Balaban J connectivity index is 2.06. The lowest BCUT2D eigenvalue weighted by atomic mass is 10.2. The van der Waals surface area contributed by atoms with Crippen LogP contribution in [0.25, 0.3) is 0 Å². The third-order valence-corrected chi connectivity index (χ3v) is 3.97. The third kappa shape index (κ3) is 5.87. The summed E-state index contributed by atoms with van der Waals surface area (Å²) in [6.45, 7) is -0.599. The zero-order valence-electron chi connectivity index (χ0n) is 15.1. The maximum absolute atomic E-state index is 12.1. The van der Waals surface area contributed by atoms with E-state index in [1.165, 1.54) is 6.20 Å². The summed E-state index contributed by atoms with van der Waals surface area (Å²) in [5.74, 6) is 2.94. The molecule has 3 atom stereocenters. The molecule has 0 aromatic carbocycles. The zero-order valence-corrected chi connectivity index (χ0v) is 15.1. The van der Waals surface area contributed by atoms with Crippen LogP contribution in [0.3, 0.4) is 0 Å². The molecule has 1 fully saturated rings. The van der Waals surface area contributed by atoms with Crippen LogP contribution in [-0.4, -0.2) is 72.4 Å². The number of aliphatic hydroxyl groups excluding tert-OH is 2. The first-order valence-electron chi connectivity index (χ1n) is 8.46. The molecule has 29 heavy (non-hydrogen) atoms. The quantitative estimate of drug-likeness (QED) is 0.153. The number of anilines is 1. The number of nitrogens with two attached hydrogens (primary N) is 1. The highest BCUT2D eigenvalue weighted by atomic mass is 16.5. The lowest BCUT2D eigenvalue weighted by Gasteiger charge is -2.15. The van der Waals surface area contributed by atoms with Crippen LogP contribution in [0.15, 0.2) is 23.1 Å². The second kappa shape index (κ2) is 9.80. The molecule has 0 radical (unpaired) electrons. The van der Waals surface area contributed by atoms with E-state index in [0.717, 1.165) is 4.57 Å². The predicted octanol–water partition coefficient (Wildman–Crippen LogP) is -1.93. The summed E-state index contributed by atoms with van der Waals surface area (Å²) in [5.41, 5.74) is 5.18. The average molecular weight is 408 g/mol. The van der Waals surface area contributed by atoms with Crippen LogP contribution in [0.2, 0.25) is 0 Å². The first-order valence-corrected chi connectivity index (χ1v) is 8.46. The second-order valence-electron chi connectivity index (χ2n) is 6.03. The molecule has 1 saturated heterocycles. The number of aliphatic hydroxyl groups is 2. The van der Waals surface area contributed by atoms with Gasteiger partial charge in [-0.3, -0.25) is 14.6 Å². The van der Waals surface area contributed by atoms with Gasteiger partial charge in [0.15, 0.2) is 0 Å². The van der Waals surface area contributed by atoms with E-state index in [9.17, 15) is 24.7 Å². The molecule has 1 aromatic rings. The molecule has 2 heterocycles. The minimum absolute atomic E-state index is 0.0208. The van der Waals surface area contributed by atoms with Crippen LogP contribution >= 0.6 is 0 Å². The maximum Gasteiger partial charge on any atom is 0.351 e. The second-order valence-corrected chi connectivity index (χ2v) is 6.03. The minimum Gasteiger partial charge on any atom is -0.478 e. The molecule has 2 rings (SSSR count). The number of rotatable bonds is 6. The van der Waals surface area contributed by atoms with Crippen LogP contribution in [0.5, 0.6) is 0 Å². The molecule has 12 nitrogen and oxygen atoms in total. The van der Waals surface area contributed by atoms with Crippen molar-refractivity contribution in [3.8, 4) is 11.8 Å². The fraction of sp³-hybridized carbons (Fsp3) is 0.412. The van der Waals surface area contributed by atoms with E-state index in [1.807, 2.05) is 0 Å². The Labute approximate surface area is 164 Å². The lowest BCUT2D eigenvalue weighted by molar-refractivity contribution is -0.159. The van der Waals surface area contributed by atoms with Crippen molar-refractivity contribution in [3.63, 3.8) is 0 Å². The Morgan fingerprint density at radius 2 is 2.17 bits per heavy atom. The number of nitrogen functional groups attached to an aromatic ring is 1. The number of carboxylic acids is 1. The van der Waals surface area contributed by atoms with Gasteiger partial charge in [-0.05, 0) is 0 Å². The number of nitrogens with zero attached hydrogens (tertiary/aromatic N) is 3. The van der Waals surface area contributed by atoms with Crippen molar-refractivity contribution in [3.05, 3.63) is 34.4 Å². The number of amides is 1. The molecule has 0 saturated carbocycles. The fourth-order valence-electron chi connectivity index (χ4n) is 2.49. The lowest BCUT2D eigenvalue weighted by Crippen LogP contribution is -2.29. The Bertz CT molecular complexity index is 916. The molecular formula is C17H20N4O8. The molecule has 3 unspecified atom stereocenters. The summed E-state index contributed by atoms with van der Waals surface area (Å²) in [7, 11) is 0. The van der Waals surface area contributed by atoms with Gasteiger partial charge in [0, 0.05) is 31.2 Å². The first kappa shape index (κ1) is 22.1. The highest BCUT2D eigenvalue weighted by molar-refractivity contribution is 5.93. The highest BCUT2D eigenvalue weighted by Crippen LogP contribution is 2.27. The van der Waals surface area contributed by atoms with Crippen LogP contribution in [-0.2, 0) is 14.3 Å². The maximum atomic E-state index is 12.1. The van der Waals surface area contributed by atoms with Crippen LogP contribution in [0.4, 0.5) is 5.82 Å². The van der Waals surface area contributed by atoms with E-state index in [2.05, 4.69) is 16.8 Å². The van der Waals surface area contributed by atoms with Gasteiger partial charge in [-0.25, -0.2) is 14.7 Å². The number of aliphatic carboxylic acids is 1. The van der Waals surface area contributed by atoms with Crippen molar-refractivity contribution in [1.82, 2.24) is 14.6 Å². The van der Waals surface area contributed by atoms with E-state index in [1.54, 1.807) is 0 Å². The van der Waals surface area contributed by atoms with Gasteiger partial charge in [-0.1, -0.05) is 11.8 Å². The van der Waals surface area contributed by atoms with Gasteiger partial charge in [-0.2, -0.15) is 4.98 Å². The summed E-state index contributed by atoms with van der Waals surface area (Å²) in [5, 5.41) is 37.2. The summed E-state index contributed by atoms with van der Waals surface area (Å²) in [6.07, 6.45) is 0.109. The largest absolute Gasteiger partial charge is 0.478 e. The number of carbonyl (C=O) groups is 2. The first-order chi connectivity index (χ1) is 13.7. The number of carboxylic acid groups (broad SMARTS) is 1. The molecule has 0 aliphatic carbocycles. The monoisotopic (exact) mass is 408 g/mol. The van der Waals surface area contributed by atoms with Crippen molar-refractivity contribution in [2.75, 3.05) is 18.9 Å². The van der Waals surface area contributed by atoms with E-state index >= 15 is 0 Å². The van der Waals surface area contributed by atoms with Gasteiger partial charge in [-0.15, -0.1) is 0 Å². The Morgan fingerprint density at radius 1 is 1.45 bits per heavy atom. The Hall–Kier alpha value is -3.24. The topological polar surface area (TPSA) is 188 Å². The Kier molecular flexibility index (Phi) is 7.46. The van der Waals surface area contributed by atoms with Gasteiger partial charge in [0.2, 0.25) is 0 Å². The minimum atomic E-state index is -1.33. The van der Waals surface area contributed by atoms with Crippen LogP contribution in [0, 0.1) is 11.8 Å². The summed E-state index contributed by atoms with van der Waals surface area (Å²) < 4.78 is 6.53. The zero-order chi connectivity index (χ0) is 21.6. The third-order valence-electron chi connectivity index (χ3n) is 3.97. The van der Waals surface area contributed by atoms with Crippen molar-refractivity contribution in [2.45, 2.75) is 31.3 Å². The smallest absolute Gasteiger partial charge is 0.351 e. The number of ether oxygens (including phenoxy) is 1. The number of aromatic nitrogens is 2. The predicted molar refractivity (Wildman–Crippen MR) is 96.3 cm³/mol. The fourth-order valence-corrected chi connectivity index (χ4v) is 2.49. The standard InChI is InChI=1S/C17H20N4O8/c18-16-10(3-1-2-6-21(28)13(24)4-5-15(25)26)8-20(17(27)19-16)14-7-11(23)12(9-22)29-14/h4-5,8,11-12,14,22-23,28H,2,6-7,9H2,(H,25,26)(H2,18,19,27)/b5-4+. The number of hydrogen-bond acceptors (Lipinski definition) is 9. The molecular weight excluding hydrogens is 388 g/mol. The number of carbonyl (C=O) groups excluding carboxylic acids is 1. The molecule has 1 aliphatic heterocycles. The van der Waals surface area contributed by atoms with E-state index < -0.39 is 42.6 Å². The van der Waals surface area contributed by atoms with Crippen molar-refractivity contribution in [2.24, 2.45) is 0 Å². The van der Waals surface area contributed by atoms with Gasteiger partial charge < -0.3 is 25.8 Å². The van der Waals surface area contributed by atoms with Crippen molar-refractivity contribution in [1.29, 1.82) is 0 Å². The molecule has 0 spiro atoms. The summed E-state index contributed by atoms with van der Waals surface area (Å²) in [6, 6.07) is 0. The van der Waals surface area contributed by atoms with E-state index in [4.69, 9.17) is 20.7 Å². The summed E-state index contributed by atoms with van der Waals surface area (Å²) >= 11 is 0. The molecule has 0 bridgehead atoms. The molecule has 1 aliphatic rings. The number of hydrogen-bond donors (Lipinski definition) is 5. The van der Waals surface area contributed by atoms with Crippen LogP contribution in [0.1, 0.15) is 24.6 Å². The van der Waals surface area contributed by atoms with E-state index in [0.29, 0.717) is 17.2 Å². The number of hydroxylamine groups is 2. The average Bonchev–Trinajstić information content (AvgIpc) is 3.04. The van der Waals surface area contributed by atoms with Crippen molar-refractivity contribution < 1.29 is 34.9 Å². The van der Waals surface area contributed by atoms with Crippen molar-refractivity contribution >= 4 is 17.7 Å². The normalized spacial score (nSPS) is 21.0. The summed E-state index contributed by atoms with van der Waals surface area (Å²) in [4.78, 5) is 37.5. The van der Waals surface area contributed by atoms with Gasteiger partial charge in [0.1, 0.15) is 18.1 Å². The molecule has 1 amide bonds. The molecule has 12 heteroatoms. The van der Waals surface area contributed by atoms with E-state index in [-0.39, 0.29) is 30.8 Å².